The summed E-state index contributed by atoms with van der Waals surface area (Å²) in [4.78, 5) is 12.1. The van der Waals surface area contributed by atoms with Crippen LogP contribution in [0.5, 0.6) is 0 Å². The second-order valence-corrected chi connectivity index (χ2v) is 5.19. The summed E-state index contributed by atoms with van der Waals surface area (Å²) in [6.45, 7) is 2.23. The Kier molecular flexibility index (Phi) is 3.93. The summed E-state index contributed by atoms with van der Waals surface area (Å²) in [7, 11) is 0. The van der Waals surface area contributed by atoms with Crippen LogP contribution >= 0.6 is 0 Å². The molecule has 1 saturated carbocycles. The Bertz CT molecular complexity index is 392. The predicted octanol–water partition coefficient (Wildman–Crippen LogP) is 3.76. The third-order valence-corrected chi connectivity index (χ3v) is 3.79. The lowest BCUT2D eigenvalue weighted by atomic mass is 9.79. The molecule has 0 atom stereocenters. The van der Waals surface area contributed by atoms with Crippen molar-refractivity contribution in [2.45, 2.75) is 39.0 Å². The molecule has 0 radical (unpaired) electrons. The number of rotatable bonds is 3. The van der Waals surface area contributed by atoms with Crippen LogP contribution in [-0.4, -0.2) is 5.78 Å². The maximum Gasteiger partial charge on any atom is 0.140 e. The maximum absolute atomic E-state index is 13.4. The molecular weight excluding hydrogens is 215 g/mol. The molecule has 0 N–H and O–H groups in total. The SMILES string of the molecule is CC1CCC(C(=O)Cc2ccccc2F)CC1. The summed E-state index contributed by atoms with van der Waals surface area (Å²) in [6.07, 6.45) is 4.48. The van der Waals surface area contributed by atoms with Gasteiger partial charge in [-0.05, 0) is 30.4 Å². The van der Waals surface area contributed by atoms with E-state index >= 15 is 0 Å². The average Bonchev–Trinajstić information content (AvgIpc) is 2.33. The number of halogens is 1. The maximum atomic E-state index is 13.4. The molecule has 0 spiro atoms. The van der Waals surface area contributed by atoms with E-state index in [1.165, 1.54) is 6.07 Å². The largest absolute Gasteiger partial charge is 0.299 e. The Labute approximate surface area is 102 Å². The lowest BCUT2D eigenvalue weighted by molar-refractivity contribution is -0.123. The first kappa shape index (κ1) is 12.3. The second-order valence-electron chi connectivity index (χ2n) is 5.19. The van der Waals surface area contributed by atoms with Crippen LogP contribution in [0.25, 0.3) is 0 Å². The summed E-state index contributed by atoms with van der Waals surface area (Å²) < 4.78 is 13.4. The van der Waals surface area contributed by atoms with Gasteiger partial charge < -0.3 is 0 Å². The van der Waals surface area contributed by atoms with Crippen LogP contribution in [0.2, 0.25) is 0 Å². The van der Waals surface area contributed by atoms with Gasteiger partial charge in [0.2, 0.25) is 0 Å². The molecule has 17 heavy (non-hydrogen) atoms. The highest BCUT2D eigenvalue weighted by molar-refractivity contribution is 5.83. The summed E-state index contributed by atoms with van der Waals surface area (Å²) >= 11 is 0. The van der Waals surface area contributed by atoms with E-state index in [0.717, 1.165) is 31.6 Å². The van der Waals surface area contributed by atoms with Crippen molar-refractivity contribution in [1.82, 2.24) is 0 Å². The van der Waals surface area contributed by atoms with Gasteiger partial charge in [0.05, 0.1) is 0 Å². The van der Waals surface area contributed by atoms with E-state index in [2.05, 4.69) is 6.92 Å². The molecule has 1 fully saturated rings. The fourth-order valence-corrected chi connectivity index (χ4v) is 2.56. The highest BCUT2D eigenvalue weighted by Gasteiger charge is 2.24. The fraction of sp³-hybridized carbons (Fsp3) is 0.533. The smallest absolute Gasteiger partial charge is 0.140 e. The minimum Gasteiger partial charge on any atom is -0.299 e. The molecule has 1 aliphatic rings. The predicted molar refractivity (Wildman–Crippen MR) is 66.2 cm³/mol. The number of carbonyl (C=O) groups is 1. The molecule has 0 saturated heterocycles. The molecule has 0 heterocycles. The van der Waals surface area contributed by atoms with Crippen LogP contribution < -0.4 is 0 Å². The summed E-state index contributed by atoms with van der Waals surface area (Å²) in [5.74, 6) is 0.852. The van der Waals surface area contributed by atoms with Crippen molar-refractivity contribution in [3.63, 3.8) is 0 Å². The van der Waals surface area contributed by atoms with Gasteiger partial charge in [-0.15, -0.1) is 0 Å². The van der Waals surface area contributed by atoms with Crippen molar-refractivity contribution in [2.75, 3.05) is 0 Å². The monoisotopic (exact) mass is 234 g/mol. The zero-order chi connectivity index (χ0) is 12.3. The summed E-state index contributed by atoms with van der Waals surface area (Å²) in [5, 5.41) is 0. The number of benzene rings is 1. The zero-order valence-corrected chi connectivity index (χ0v) is 10.3. The van der Waals surface area contributed by atoms with E-state index in [9.17, 15) is 9.18 Å². The Hall–Kier alpha value is -1.18. The van der Waals surface area contributed by atoms with Gasteiger partial charge in [0.15, 0.2) is 0 Å². The minimum absolute atomic E-state index is 0.158. The van der Waals surface area contributed by atoms with Crippen LogP contribution in [0, 0.1) is 17.7 Å². The van der Waals surface area contributed by atoms with Crippen molar-refractivity contribution in [3.05, 3.63) is 35.6 Å². The van der Waals surface area contributed by atoms with Crippen molar-refractivity contribution >= 4 is 5.78 Å². The van der Waals surface area contributed by atoms with Crippen LogP contribution in [0.1, 0.15) is 38.2 Å². The second kappa shape index (κ2) is 5.44. The van der Waals surface area contributed by atoms with Crippen molar-refractivity contribution in [1.29, 1.82) is 0 Å². The number of hydrogen-bond acceptors (Lipinski definition) is 1. The van der Waals surface area contributed by atoms with E-state index in [4.69, 9.17) is 0 Å². The molecule has 0 unspecified atom stereocenters. The van der Waals surface area contributed by atoms with Gasteiger partial charge in [-0.3, -0.25) is 4.79 Å². The molecule has 0 aromatic heterocycles. The van der Waals surface area contributed by atoms with E-state index in [0.29, 0.717) is 5.56 Å². The standard InChI is InChI=1S/C15H19FO/c1-11-6-8-12(9-7-11)15(17)10-13-4-2-3-5-14(13)16/h2-5,11-12H,6-10H2,1H3. The molecule has 1 aromatic rings. The average molecular weight is 234 g/mol. The minimum atomic E-state index is -0.259. The van der Waals surface area contributed by atoms with Gasteiger partial charge >= 0.3 is 0 Å². The molecule has 0 bridgehead atoms. The Morgan fingerprint density at radius 2 is 1.88 bits per heavy atom. The van der Waals surface area contributed by atoms with Gasteiger partial charge in [-0.25, -0.2) is 4.39 Å². The van der Waals surface area contributed by atoms with Gasteiger partial charge in [-0.1, -0.05) is 38.0 Å². The number of Topliss-reactive ketones (excluding diaryl/α,β-unsaturated/α-hetero) is 1. The number of hydrogen-bond donors (Lipinski definition) is 0. The van der Waals surface area contributed by atoms with Crippen LogP contribution in [0.4, 0.5) is 4.39 Å². The first-order valence-corrected chi connectivity index (χ1v) is 6.43. The highest BCUT2D eigenvalue weighted by atomic mass is 19.1. The Morgan fingerprint density at radius 3 is 2.53 bits per heavy atom. The first-order chi connectivity index (χ1) is 8.16. The highest BCUT2D eigenvalue weighted by Crippen LogP contribution is 2.29. The van der Waals surface area contributed by atoms with E-state index in [1.807, 2.05) is 0 Å². The third kappa shape index (κ3) is 3.15. The first-order valence-electron chi connectivity index (χ1n) is 6.43. The topological polar surface area (TPSA) is 17.1 Å². The van der Waals surface area contributed by atoms with E-state index in [-0.39, 0.29) is 23.9 Å². The van der Waals surface area contributed by atoms with Gasteiger partial charge in [-0.2, -0.15) is 0 Å². The summed E-state index contributed by atoms with van der Waals surface area (Å²) in [6, 6.07) is 6.57. The number of ketones is 1. The quantitative estimate of drug-likeness (QED) is 0.778. The van der Waals surface area contributed by atoms with Crippen molar-refractivity contribution in [3.8, 4) is 0 Å². The molecule has 1 aliphatic carbocycles. The molecule has 0 amide bonds. The molecule has 92 valence electrons. The van der Waals surface area contributed by atoms with Gasteiger partial charge in [0, 0.05) is 12.3 Å². The van der Waals surface area contributed by atoms with E-state index < -0.39 is 0 Å². The van der Waals surface area contributed by atoms with Crippen molar-refractivity contribution in [2.24, 2.45) is 11.8 Å². The number of carbonyl (C=O) groups excluding carboxylic acids is 1. The Balaban J connectivity index is 1.95. The van der Waals surface area contributed by atoms with Gasteiger partial charge in [0.25, 0.3) is 0 Å². The normalized spacial score (nSPS) is 24.6. The molecule has 2 heteroatoms. The Morgan fingerprint density at radius 1 is 1.24 bits per heavy atom. The van der Waals surface area contributed by atoms with Crippen LogP contribution in [-0.2, 0) is 11.2 Å². The molecule has 0 aliphatic heterocycles. The third-order valence-electron chi connectivity index (χ3n) is 3.79. The lowest BCUT2D eigenvalue weighted by Crippen LogP contribution is -2.22. The molecule has 1 nitrogen and oxygen atoms in total. The molecule has 2 rings (SSSR count). The van der Waals surface area contributed by atoms with Crippen LogP contribution in [0.15, 0.2) is 24.3 Å². The summed E-state index contributed by atoms with van der Waals surface area (Å²) in [5.41, 5.74) is 0.538. The lowest BCUT2D eigenvalue weighted by Gasteiger charge is -2.25. The molecule has 1 aromatic carbocycles. The van der Waals surface area contributed by atoms with Crippen LogP contribution in [0.3, 0.4) is 0 Å². The molecular formula is C15H19FO. The van der Waals surface area contributed by atoms with Gasteiger partial charge in [0.1, 0.15) is 11.6 Å². The fourth-order valence-electron chi connectivity index (χ4n) is 2.56. The zero-order valence-electron chi connectivity index (χ0n) is 10.3. The van der Waals surface area contributed by atoms with Crippen molar-refractivity contribution < 1.29 is 9.18 Å². The van der Waals surface area contributed by atoms with E-state index in [1.54, 1.807) is 18.2 Å².